The van der Waals surface area contributed by atoms with Gasteiger partial charge >= 0.3 is 0 Å². The van der Waals surface area contributed by atoms with Crippen LogP contribution in [0.3, 0.4) is 0 Å². The van der Waals surface area contributed by atoms with Crippen LogP contribution < -0.4 is 10.9 Å². The molecule has 0 atom stereocenters. The van der Waals surface area contributed by atoms with Gasteiger partial charge in [0.15, 0.2) is 0 Å². The molecule has 0 aliphatic heterocycles. The van der Waals surface area contributed by atoms with Crippen molar-refractivity contribution < 1.29 is 0 Å². The summed E-state index contributed by atoms with van der Waals surface area (Å²) in [7, 11) is 3.70. The standard InChI is InChI=1S/C23H21N9O/c1-30-14-17(11-25-30)20-8-9-24-23(28-20)27-19-5-3-4-16(10-19)13-32-22(33)7-6-21(29-32)18-12-26-31(2)15-18/h3-12,14-15H,13H2,1-2H3,(H,24,27,28). The second kappa shape index (κ2) is 8.50. The molecule has 0 radical (unpaired) electrons. The van der Waals surface area contributed by atoms with Gasteiger partial charge in [-0.3, -0.25) is 14.2 Å². The molecule has 0 amide bonds. The van der Waals surface area contributed by atoms with Gasteiger partial charge < -0.3 is 5.32 Å². The lowest BCUT2D eigenvalue weighted by molar-refractivity contribution is 0.643. The van der Waals surface area contributed by atoms with Gasteiger partial charge in [0, 0.05) is 55.6 Å². The van der Waals surface area contributed by atoms with Crippen molar-refractivity contribution in [1.82, 2.24) is 39.3 Å². The van der Waals surface area contributed by atoms with Crippen LogP contribution in [0.4, 0.5) is 11.6 Å². The highest BCUT2D eigenvalue weighted by Gasteiger charge is 2.08. The molecule has 33 heavy (non-hydrogen) atoms. The maximum absolute atomic E-state index is 12.4. The van der Waals surface area contributed by atoms with Crippen LogP contribution >= 0.6 is 0 Å². The maximum Gasteiger partial charge on any atom is 0.267 e. The molecule has 0 saturated heterocycles. The fourth-order valence-electron chi connectivity index (χ4n) is 3.45. The van der Waals surface area contributed by atoms with Crippen molar-refractivity contribution in [2.24, 2.45) is 14.1 Å². The summed E-state index contributed by atoms with van der Waals surface area (Å²) < 4.78 is 4.88. The van der Waals surface area contributed by atoms with Crippen molar-refractivity contribution in [3.05, 3.63) is 89.4 Å². The Bertz CT molecular complexity index is 1480. The summed E-state index contributed by atoms with van der Waals surface area (Å²) in [5.41, 5.74) is 4.79. The van der Waals surface area contributed by atoms with E-state index < -0.39 is 0 Å². The van der Waals surface area contributed by atoms with Crippen LogP contribution in [-0.4, -0.2) is 39.3 Å². The minimum Gasteiger partial charge on any atom is -0.324 e. The Morgan fingerprint density at radius 1 is 0.909 bits per heavy atom. The van der Waals surface area contributed by atoms with Crippen LogP contribution in [0.2, 0.25) is 0 Å². The quantitative estimate of drug-likeness (QED) is 0.433. The first-order valence-corrected chi connectivity index (χ1v) is 10.3. The number of hydrogen-bond donors (Lipinski definition) is 1. The fourth-order valence-corrected chi connectivity index (χ4v) is 3.45. The molecule has 4 aromatic heterocycles. The number of nitrogens with one attached hydrogen (secondary N) is 1. The first-order valence-electron chi connectivity index (χ1n) is 10.3. The fraction of sp³-hybridized carbons (Fsp3) is 0.130. The largest absolute Gasteiger partial charge is 0.324 e. The van der Waals surface area contributed by atoms with E-state index in [9.17, 15) is 4.79 Å². The van der Waals surface area contributed by atoms with Crippen LogP contribution in [0.25, 0.3) is 22.5 Å². The van der Waals surface area contributed by atoms with E-state index in [0.29, 0.717) is 18.2 Å². The van der Waals surface area contributed by atoms with E-state index in [2.05, 4.69) is 30.6 Å². The third-order valence-electron chi connectivity index (χ3n) is 5.04. The molecule has 5 aromatic rings. The van der Waals surface area contributed by atoms with E-state index in [4.69, 9.17) is 0 Å². The van der Waals surface area contributed by atoms with E-state index in [1.54, 1.807) is 34.0 Å². The van der Waals surface area contributed by atoms with Gasteiger partial charge in [-0.25, -0.2) is 14.6 Å². The molecule has 0 saturated carbocycles. The number of aryl methyl sites for hydroxylation is 2. The number of aromatic nitrogens is 8. The topological polar surface area (TPSA) is 108 Å². The Hall–Kier alpha value is -4.60. The van der Waals surface area contributed by atoms with Gasteiger partial charge in [-0.1, -0.05) is 12.1 Å². The highest BCUT2D eigenvalue weighted by molar-refractivity contribution is 5.61. The zero-order chi connectivity index (χ0) is 22.8. The Kier molecular flexibility index (Phi) is 5.23. The Balaban J connectivity index is 1.37. The molecule has 4 heterocycles. The molecule has 1 N–H and O–H groups in total. The lowest BCUT2D eigenvalue weighted by Gasteiger charge is -2.09. The Morgan fingerprint density at radius 2 is 1.67 bits per heavy atom. The molecular weight excluding hydrogens is 418 g/mol. The van der Waals surface area contributed by atoms with Gasteiger partial charge in [-0.2, -0.15) is 15.3 Å². The maximum atomic E-state index is 12.4. The molecule has 0 aliphatic carbocycles. The van der Waals surface area contributed by atoms with Crippen molar-refractivity contribution in [2.45, 2.75) is 6.54 Å². The van der Waals surface area contributed by atoms with Gasteiger partial charge in [0.25, 0.3) is 5.56 Å². The van der Waals surface area contributed by atoms with Gasteiger partial charge in [-0.05, 0) is 29.8 Å². The zero-order valence-electron chi connectivity index (χ0n) is 18.1. The van der Waals surface area contributed by atoms with Crippen LogP contribution in [0, 0.1) is 0 Å². The van der Waals surface area contributed by atoms with Crippen molar-refractivity contribution in [3.63, 3.8) is 0 Å². The molecule has 10 heteroatoms. The molecule has 1 aromatic carbocycles. The summed E-state index contributed by atoms with van der Waals surface area (Å²) in [6, 6.07) is 12.8. The number of rotatable bonds is 6. The van der Waals surface area contributed by atoms with E-state index >= 15 is 0 Å². The molecule has 164 valence electrons. The minimum absolute atomic E-state index is 0.173. The van der Waals surface area contributed by atoms with Crippen molar-refractivity contribution >= 4 is 11.6 Å². The Labute approximate surface area is 189 Å². The van der Waals surface area contributed by atoms with Gasteiger partial charge in [0.1, 0.15) is 0 Å². The molecule has 5 rings (SSSR count). The predicted octanol–water partition coefficient (Wildman–Crippen LogP) is 2.63. The third-order valence-corrected chi connectivity index (χ3v) is 5.04. The number of anilines is 2. The third kappa shape index (κ3) is 4.54. The average molecular weight is 439 g/mol. The molecule has 0 bridgehead atoms. The van der Waals surface area contributed by atoms with E-state index in [1.165, 1.54) is 10.7 Å². The highest BCUT2D eigenvalue weighted by Crippen LogP contribution is 2.20. The summed E-state index contributed by atoms with van der Waals surface area (Å²) in [5.74, 6) is 0.474. The SMILES string of the molecule is Cn1cc(-c2ccnc(Nc3cccc(Cn4nc(-c5cnn(C)c5)ccc4=O)c3)n2)cn1. The highest BCUT2D eigenvalue weighted by atomic mass is 16.1. The smallest absolute Gasteiger partial charge is 0.267 e. The van der Waals surface area contributed by atoms with Gasteiger partial charge in [0.05, 0.1) is 30.3 Å². The van der Waals surface area contributed by atoms with Gasteiger partial charge in [-0.15, -0.1) is 0 Å². The minimum atomic E-state index is -0.173. The lowest BCUT2D eigenvalue weighted by atomic mass is 10.2. The normalized spacial score (nSPS) is 11.0. The summed E-state index contributed by atoms with van der Waals surface area (Å²) in [6.07, 6.45) is 8.95. The van der Waals surface area contributed by atoms with Crippen LogP contribution in [-0.2, 0) is 20.6 Å². The van der Waals surface area contributed by atoms with Crippen LogP contribution in [0.15, 0.2) is 78.2 Å². The van der Waals surface area contributed by atoms with Crippen molar-refractivity contribution in [1.29, 1.82) is 0 Å². The van der Waals surface area contributed by atoms with E-state index in [1.807, 2.05) is 56.8 Å². The number of hydrogen-bond acceptors (Lipinski definition) is 7. The van der Waals surface area contributed by atoms with Crippen molar-refractivity contribution in [3.8, 4) is 22.5 Å². The summed E-state index contributed by atoms with van der Waals surface area (Å²) in [5, 5.41) is 16.1. The average Bonchev–Trinajstić information content (AvgIpc) is 3.44. The van der Waals surface area contributed by atoms with E-state index in [0.717, 1.165) is 28.1 Å². The lowest BCUT2D eigenvalue weighted by Crippen LogP contribution is -2.22. The first-order chi connectivity index (χ1) is 16.0. The molecule has 0 fully saturated rings. The predicted molar refractivity (Wildman–Crippen MR) is 124 cm³/mol. The Morgan fingerprint density at radius 3 is 2.39 bits per heavy atom. The summed E-state index contributed by atoms with van der Waals surface area (Å²) >= 11 is 0. The molecule has 0 aliphatic rings. The zero-order valence-corrected chi connectivity index (χ0v) is 18.1. The van der Waals surface area contributed by atoms with Gasteiger partial charge in [0.2, 0.25) is 5.95 Å². The molecule has 0 unspecified atom stereocenters. The monoisotopic (exact) mass is 439 g/mol. The molecule has 0 spiro atoms. The summed E-state index contributed by atoms with van der Waals surface area (Å²) in [4.78, 5) is 21.3. The van der Waals surface area contributed by atoms with Crippen LogP contribution in [0.1, 0.15) is 5.56 Å². The molecule has 10 nitrogen and oxygen atoms in total. The number of nitrogens with zero attached hydrogens (tertiary/aromatic N) is 8. The first kappa shape index (κ1) is 20.3. The second-order valence-corrected chi connectivity index (χ2v) is 7.61. The van der Waals surface area contributed by atoms with Crippen LogP contribution in [0.5, 0.6) is 0 Å². The molecular formula is C23H21N9O. The van der Waals surface area contributed by atoms with Crippen molar-refractivity contribution in [2.75, 3.05) is 5.32 Å². The second-order valence-electron chi connectivity index (χ2n) is 7.61. The number of benzene rings is 1. The van der Waals surface area contributed by atoms with E-state index in [-0.39, 0.29) is 5.56 Å². The summed E-state index contributed by atoms with van der Waals surface area (Å²) in [6.45, 7) is 0.332.